The Morgan fingerprint density at radius 2 is 2.33 bits per heavy atom. The summed E-state index contributed by atoms with van der Waals surface area (Å²) in [5, 5.41) is 0.135. The normalized spacial score (nSPS) is 23.0. The third-order valence-electron chi connectivity index (χ3n) is 4.25. The standard InChI is InChI=1S/C17H22ClNO2/c1-12(18)10-13-6-7-15-14(11-13)4-2-8-19(15)17(20)16-5-3-9-21-16/h6-7,11-12,16H,2-5,8-10H2,1H3. The highest BCUT2D eigenvalue weighted by Gasteiger charge is 2.31. The van der Waals surface area contributed by atoms with Gasteiger partial charge in [-0.1, -0.05) is 12.1 Å². The highest BCUT2D eigenvalue weighted by Crippen LogP contribution is 2.30. The first-order chi connectivity index (χ1) is 10.1. The average Bonchev–Trinajstić information content (AvgIpc) is 2.99. The van der Waals surface area contributed by atoms with Gasteiger partial charge in [0.05, 0.1) is 0 Å². The fourth-order valence-electron chi connectivity index (χ4n) is 3.28. The van der Waals surface area contributed by atoms with Gasteiger partial charge in [0.15, 0.2) is 0 Å². The van der Waals surface area contributed by atoms with Crippen molar-refractivity contribution in [3.05, 3.63) is 29.3 Å². The van der Waals surface area contributed by atoms with Gasteiger partial charge in [-0.15, -0.1) is 11.6 Å². The number of carbonyl (C=O) groups excluding carboxylic acids is 1. The number of benzene rings is 1. The topological polar surface area (TPSA) is 29.5 Å². The predicted molar refractivity (Wildman–Crippen MR) is 85.1 cm³/mol. The molecular weight excluding hydrogens is 286 g/mol. The van der Waals surface area contributed by atoms with Crippen LogP contribution in [0, 0.1) is 0 Å². The van der Waals surface area contributed by atoms with Crippen molar-refractivity contribution in [2.24, 2.45) is 0 Å². The molecule has 1 saturated heterocycles. The molecule has 2 unspecified atom stereocenters. The molecule has 3 rings (SSSR count). The summed E-state index contributed by atoms with van der Waals surface area (Å²) in [7, 11) is 0. The second-order valence-corrected chi connectivity index (χ2v) is 6.79. The lowest BCUT2D eigenvalue weighted by Gasteiger charge is -2.31. The monoisotopic (exact) mass is 307 g/mol. The maximum absolute atomic E-state index is 12.6. The highest BCUT2D eigenvalue weighted by molar-refractivity contribution is 6.20. The molecule has 0 N–H and O–H groups in total. The lowest BCUT2D eigenvalue weighted by molar-refractivity contribution is -0.127. The number of rotatable bonds is 3. The summed E-state index contributed by atoms with van der Waals surface area (Å²) in [6, 6.07) is 6.39. The third kappa shape index (κ3) is 3.24. The molecule has 4 heteroatoms. The number of hydrogen-bond donors (Lipinski definition) is 0. The molecule has 0 saturated carbocycles. The predicted octanol–water partition coefficient (Wildman–Crippen LogP) is 3.31. The van der Waals surface area contributed by atoms with Crippen LogP contribution in [0.4, 0.5) is 5.69 Å². The molecule has 21 heavy (non-hydrogen) atoms. The van der Waals surface area contributed by atoms with Gasteiger partial charge in [-0.2, -0.15) is 0 Å². The minimum Gasteiger partial charge on any atom is -0.368 e. The molecule has 1 aromatic carbocycles. The number of amides is 1. The Morgan fingerprint density at radius 3 is 3.05 bits per heavy atom. The van der Waals surface area contributed by atoms with E-state index in [0.29, 0.717) is 6.61 Å². The number of fused-ring (bicyclic) bond motifs is 1. The van der Waals surface area contributed by atoms with Gasteiger partial charge in [0.1, 0.15) is 6.10 Å². The van der Waals surface area contributed by atoms with Crippen molar-refractivity contribution in [1.29, 1.82) is 0 Å². The molecule has 2 aliphatic rings. The average molecular weight is 308 g/mol. The van der Waals surface area contributed by atoms with Gasteiger partial charge < -0.3 is 9.64 Å². The van der Waals surface area contributed by atoms with Crippen LogP contribution in [0.5, 0.6) is 0 Å². The summed E-state index contributed by atoms with van der Waals surface area (Å²) < 4.78 is 5.55. The van der Waals surface area contributed by atoms with E-state index in [0.717, 1.165) is 44.3 Å². The van der Waals surface area contributed by atoms with Crippen molar-refractivity contribution >= 4 is 23.2 Å². The van der Waals surface area contributed by atoms with Crippen LogP contribution in [-0.2, 0) is 22.4 Å². The van der Waals surface area contributed by atoms with Gasteiger partial charge in [0.2, 0.25) is 0 Å². The number of hydrogen-bond acceptors (Lipinski definition) is 2. The zero-order valence-electron chi connectivity index (χ0n) is 12.5. The minimum atomic E-state index is -0.238. The van der Waals surface area contributed by atoms with Crippen LogP contribution in [-0.4, -0.2) is 30.5 Å². The van der Waals surface area contributed by atoms with Crippen molar-refractivity contribution in [1.82, 2.24) is 0 Å². The number of nitrogens with zero attached hydrogens (tertiary/aromatic N) is 1. The second kappa shape index (κ2) is 6.37. The van der Waals surface area contributed by atoms with Gasteiger partial charge in [-0.05, 0) is 56.2 Å². The number of ether oxygens (including phenoxy) is 1. The van der Waals surface area contributed by atoms with Crippen LogP contribution in [0.3, 0.4) is 0 Å². The summed E-state index contributed by atoms with van der Waals surface area (Å²) in [5.74, 6) is 0.131. The molecule has 114 valence electrons. The highest BCUT2D eigenvalue weighted by atomic mass is 35.5. The second-order valence-electron chi connectivity index (χ2n) is 6.04. The summed E-state index contributed by atoms with van der Waals surface area (Å²) in [6.07, 6.45) is 4.53. The Hall–Kier alpha value is -1.06. The lowest BCUT2D eigenvalue weighted by Crippen LogP contribution is -2.42. The van der Waals surface area contributed by atoms with Crippen molar-refractivity contribution in [2.45, 2.75) is 50.5 Å². The number of halogens is 1. The Bertz CT molecular complexity index is 524. The van der Waals surface area contributed by atoms with E-state index in [2.05, 4.69) is 18.2 Å². The van der Waals surface area contributed by atoms with Crippen molar-refractivity contribution in [2.75, 3.05) is 18.1 Å². The molecule has 0 aromatic heterocycles. The van der Waals surface area contributed by atoms with E-state index in [9.17, 15) is 4.79 Å². The molecular formula is C17H22ClNO2. The fraction of sp³-hybridized carbons (Fsp3) is 0.588. The van der Waals surface area contributed by atoms with E-state index in [4.69, 9.17) is 16.3 Å². The van der Waals surface area contributed by atoms with Crippen LogP contribution in [0.25, 0.3) is 0 Å². The summed E-state index contributed by atoms with van der Waals surface area (Å²) in [6.45, 7) is 3.52. The molecule has 0 radical (unpaired) electrons. The van der Waals surface area contributed by atoms with Gasteiger partial charge in [0, 0.05) is 24.2 Å². The largest absolute Gasteiger partial charge is 0.368 e. The van der Waals surface area contributed by atoms with Gasteiger partial charge >= 0.3 is 0 Å². The smallest absolute Gasteiger partial charge is 0.256 e. The van der Waals surface area contributed by atoms with Crippen LogP contribution >= 0.6 is 11.6 Å². The number of carbonyl (C=O) groups is 1. The lowest BCUT2D eigenvalue weighted by atomic mass is 9.97. The molecule has 3 nitrogen and oxygen atoms in total. The molecule has 1 aromatic rings. The zero-order chi connectivity index (χ0) is 14.8. The van der Waals surface area contributed by atoms with Crippen LogP contribution in [0.15, 0.2) is 18.2 Å². The molecule has 2 aliphatic heterocycles. The summed E-state index contributed by atoms with van der Waals surface area (Å²) >= 11 is 6.08. The zero-order valence-corrected chi connectivity index (χ0v) is 13.2. The van der Waals surface area contributed by atoms with E-state index in [1.807, 2.05) is 11.8 Å². The third-order valence-corrected chi connectivity index (χ3v) is 4.40. The first kappa shape index (κ1) is 14.9. The van der Waals surface area contributed by atoms with Crippen molar-refractivity contribution < 1.29 is 9.53 Å². The summed E-state index contributed by atoms with van der Waals surface area (Å²) in [5.41, 5.74) is 3.58. The molecule has 0 bridgehead atoms. The first-order valence-corrected chi connectivity index (χ1v) is 8.27. The number of aryl methyl sites for hydroxylation is 1. The SMILES string of the molecule is CC(Cl)Cc1ccc2c(c1)CCCN2C(=O)C1CCCO1. The fourth-order valence-corrected chi connectivity index (χ4v) is 3.46. The van der Waals surface area contributed by atoms with E-state index >= 15 is 0 Å². The Morgan fingerprint density at radius 1 is 1.48 bits per heavy atom. The molecule has 1 amide bonds. The Balaban J connectivity index is 1.82. The molecule has 2 heterocycles. The Kier molecular flexibility index (Phi) is 4.51. The molecule has 2 atom stereocenters. The van der Waals surface area contributed by atoms with Gasteiger partial charge in [0.25, 0.3) is 5.91 Å². The maximum atomic E-state index is 12.6. The van der Waals surface area contributed by atoms with Crippen molar-refractivity contribution in [3.8, 4) is 0 Å². The van der Waals surface area contributed by atoms with Crippen molar-refractivity contribution in [3.63, 3.8) is 0 Å². The molecule has 0 spiro atoms. The molecule has 0 aliphatic carbocycles. The maximum Gasteiger partial charge on any atom is 0.256 e. The quantitative estimate of drug-likeness (QED) is 0.802. The van der Waals surface area contributed by atoms with Gasteiger partial charge in [-0.3, -0.25) is 4.79 Å². The van der Waals surface area contributed by atoms with E-state index in [-0.39, 0.29) is 17.4 Å². The first-order valence-electron chi connectivity index (χ1n) is 7.84. The van der Waals surface area contributed by atoms with Gasteiger partial charge in [-0.25, -0.2) is 0 Å². The number of alkyl halides is 1. The summed E-state index contributed by atoms with van der Waals surface area (Å²) in [4.78, 5) is 14.5. The van der Waals surface area contributed by atoms with E-state index in [1.54, 1.807) is 0 Å². The van der Waals surface area contributed by atoms with Crippen LogP contribution < -0.4 is 4.90 Å². The van der Waals surface area contributed by atoms with Crippen LogP contribution in [0.1, 0.15) is 37.3 Å². The number of anilines is 1. The van der Waals surface area contributed by atoms with Crippen LogP contribution in [0.2, 0.25) is 0 Å². The molecule has 1 fully saturated rings. The van der Waals surface area contributed by atoms with E-state index < -0.39 is 0 Å². The minimum absolute atomic E-state index is 0.131. The Labute approximate surface area is 131 Å². The van der Waals surface area contributed by atoms with E-state index in [1.165, 1.54) is 11.1 Å².